The highest BCUT2D eigenvalue weighted by atomic mass is 16.5. The van der Waals surface area contributed by atoms with Gasteiger partial charge in [0.15, 0.2) is 0 Å². The van der Waals surface area contributed by atoms with Gasteiger partial charge in [-0.05, 0) is 37.2 Å². The summed E-state index contributed by atoms with van der Waals surface area (Å²) in [6.07, 6.45) is 4.17. The summed E-state index contributed by atoms with van der Waals surface area (Å²) in [5.41, 5.74) is 1.15. The van der Waals surface area contributed by atoms with Gasteiger partial charge in [0.05, 0.1) is 18.8 Å². The second kappa shape index (κ2) is 8.30. The number of fused-ring (bicyclic) bond motifs is 1. The number of urea groups is 1. The summed E-state index contributed by atoms with van der Waals surface area (Å²) in [5.74, 6) is 1.24. The lowest BCUT2D eigenvalue weighted by molar-refractivity contribution is -0.0838. The van der Waals surface area contributed by atoms with E-state index in [9.17, 15) is 4.79 Å². The Balaban J connectivity index is 1.57. The summed E-state index contributed by atoms with van der Waals surface area (Å²) >= 11 is 0. The molecule has 0 aliphatic carbocycles. The lowest BCUT2D eigenvalue weighted by atomic mass is 9.78. The Kier molecular flexibility index (Phi) is 6.07. The quantitative estimate of drug-likeness (QED) is 0.855. The first-order chi connectivity index (χ1) is 12.4. The molecule has 0 radical (unpaired) electrons. The Morgan fingerprint density at radius 2 is 1.92 bits per heavy atom. The molecule has 26 heavy (non-hydrogen) atoms. The van der Waals surface area contributed by atoms with Crippen LogP contribution in [0.2, 0.25) is 0 Å². The minimum absolute atomic E-state index is 0.00489. The molecular formula is C21H32N2O3. The van der Waals surface area contributed by atoms with Crippen molar-refractivity contribution in [3.8, 4) is 5.75 Å². The highest BCUT2D eigenvalue weighted by Gasteiger charge is 2.35. The largest absolute Gasteiger partial charge is 0.493 e. The van der Waals surface area contributed by atoms with Crippen molar-refractivity contribution in [2.75, 3.05) is 19.8 Å². The number of carbonyl (C=O) groups excluding carboxylic acids is 1. The second-order valence-electron chi connectivity index (χ2n) is 8.50. The van der Waals surface area contributed by atoms with Crippen molar-refractivity contribution in [2.24, 2.45) is 11.3 Å². The fourth-order valence-electron chi connectivity index (χ4n) is 4.12. The fourth-order valence-corrected chi connectivity index (χ4v) is 4.12. The third-order valence-electron chi connectivity index (χ3n) is 5.32. The number of ether oxygens (including phenoxy) is 2. The molecule has 2 N–H and O–H groups in total. The van der Waals surface area contributed by atoms with Crippen molar-refractivity contribution >= 4 is 6.03 Å². The topological polar surface area (TPSA) is 59.6 Å². The maximum atomic E-state index is 12.5. The van der Waals surface area contributed by atoms with Gasteiger partial charge >= 0.3 is 6.03 Å². The standard InChI is InChI=1S/C21H32N2O3/c1-21(2,3)19-15(8-6-13-26-19)14-22-20(24)23-17-10-7-12-25-18-11-5-4-9-16(17)18/h4-5,9,11,15,17,19H,6-8,10,12-14H2,1-3H3,(H2,22,23,24)/t15-,17-,19-/m1/s1. The van der Waals surface area contributed by atoms with E-state index < -0.39 is 0 Å². The van der Waals surface area contributed by atoms with Gasteiger partial charge in [0.2, 0.25) is 0 Å². The van der Waals surface area contributed by atoms with Crippen molar-refractivity contribution in [1.29, 1.82) is 0 Å². The molecule has 0 aromatic heterocycles. The van der Waals surface area contributed by atoms with Gasteiger partial charge in [-0.25, -0.2) is 4.79 Å². The van der Waals surface area contributed by atoms with Crippen LogP contribution in [-0.2, 0) is 4.74 Å². The van der Waals surface area contributed by atoms with E-state index in [2.05, 4.69) is 31.4 Å². The summed E-state index contributed by atoms with van der Waals surface area (Å²) in [5, 5.41) is 6.22. The molecule has 5 nitrogen and oxygen atoms in total. The van der Waals surface area contributed by atoms with Gasteiger partial charge in [-0.3, -0.25) is 0 Å². The van der Waals surface area contributed by atoms with Gasteiger partial charge in [-0.2, -0.15) is 0 Å². The van der Waals surface area contributed by atoms with Crippen LogP contribution in [0.1, 0.15) is 58.1 Å². The summed E-state index contributed by atoms with van der Waals surface area (Å²) in [7, 11) is 0. The first-order valence-electron chi connectivity index (χ1n) is 9.83. The third-order valence-corrected chi connectivity index (χ3v) is 5.32. The number of para-hydroxylation sites is 1. The van der Waals surface area contributed by atoms with Crippen molar-refractivity contribution in [2.45, 2.75) is 58.6 Å². The number of hydrogen-bond acceptors (Lipinski definition) is 3. The maximum Gasteiger partial charge on any atom is 0.315 e. The summed E-state index contributed by atoms with van der Waals surface area (Å²) in [6, 6.07) is 7.86. The van der Waals surface area contributed by atoms with E-state index in [1.54, 1.807) is 0 Å². The maximum absolute atomic E-state index is 12.5. The average molecular weight is 360 g/mol. The molecule has 2 aliphatic rings. The fraction of sp³-hybridized carbons (Fsp3) is 0.667. The Morgan fingerprint density at radius 1 is 1.15 bits per heavy atom. The number of rotatable bonds is 3. The molecule has 0 unspecified atom stereocenters. The monoisotopic (exact) mass is 360 g/mol. The van der Waals surface area contributed by atoms with Crippen LogP contribution in [0.5, 0.6) is 5.75 Å². The van der Waals surface area contributed by atoms with Gasteiger partial charge in [0.1, 0.15) is 5.75 Å². The molecule has 144 valence electrons. The lowest BCUT2D eigenvalue weighted by Gasteiger charge is -2.40. The first kappa shape index (κ1) is 19.0. The number of carbonyl (C=O) groups is 1. The normalized spacial score (nSPS) is 26.2. The van der Waals surface area contributed by atoms with Crippen LogP contribution in [0, 0.1) is 11.3 Å². The van der Waals surface area contributed by atoms with Gasteiger partial charge in [-0.15, -0.1) is 0 Å². The predicted molar refractivity (Wildman–Crippen MR) is 102 cm³/mol. The van der Waals surface area contributed by atoms with Crippen LogP contribution < -0.4 is 15.4 Å². The summed E-state index contributed by atoms with van der Waals surface area (Å²) < 4.78 is 11.8. The van der Waals surface area contributed by atoms with Crippen molar-refractivity contribution in [3.63, 3.8) is 0 Å². The van der Waals surface area contributed by atoms with E-state index in [0.717, 1.165) is 43.6 Å². The van der Waals surface area contributed by atoms with Crippen LogP contribution in [0.15, 0.2) is 24.3 Å². The number of hydrogen-bond donors (Lipinski definition) is 2. The van der Waals surface area contributed by atoms with Crippen molar-refractivity contribution in [3.05, 3.63) is 29.8 Å². The van der Waals surface area contributed by atoms with Gasteiger partial charge in [0, 0.05) is 24.6 Å². The molecule has 3 atom stereocenters. The average Bonchev–Trinajstić information content (AvgIpc) is 2.82. The van der Waals surface area contributed by atoms with Gasteiger partial charge in [0.25, 0.3) is 0 Å². The molecule has 1 aromatic carbocycles. The second-order valence-corrected chi connectivity index (χ2v) is 8.50. The molecule has 3 rings (SSSR count). The summed E-state index contributed by atoms with van der Waals surface area (Å²) in [4.78, 5) is 12.5. The molecule has 1 aromatic rings. The number of benzene rings is 1. The van der Waals surface area contributed by atoms with E-state index >= 15 is 0 Å². The van der Waals surface area contributed by atoms with Crippen LogP contribution in [-0.4, -0.2) is 31.9 Å². The third kappa shape index (κ3) is 4.70. The van der Waals surface area contributed by atoms with Crippen molar-refractivity contribution < 1.29 is 14.3 Å². The molecule has 1 fully saturated rings. The van der Waals surface area contributed by atoms with Crippen LogP contribution >= 0.6 is 0 Å². The van der Waals surface area contributed by atoms with E-state index in [1.165, 1.54) is 0 Å². The lowest BCUT2D eigenvalue weighted by Crippen LogP contribution is -2.47. The zero-order chi connectivity index (χ0) is 18.6. The van der Waals surface area contributed by atoms with Crippen LogP contribution in [0.25, 0.3) is 0 Å². The summed E-state index contributed by atoms with van der Waals surface area (Å²) in [6.45, 7) is 8.79. The highest BCUT2D eigenvalue weighted by Crippen LogP contribution is 2.34. The number of amides is 2. The van der Waals surface area contributed by atoms with E-state index in [-0.39, 0.29) is 23.6 Å². The molecule has 2 aliphatic heterocycles. The molecule has 5 heteroatoms. The van der Waals surface area contributed by atoms with E-state index in [1.807, 2.05) is 24.3 Å². The Morgan fingerprint density at radius 3 is 2.73 bits per heavy atom. The minimum Gasteiger partial charge on any atom is -0.493 e. The molecule has 0 bridgehead atoms. The number of nitrogens with one attached hydrogen (secondary N) is 2. The zero-order valence-corrected chi connectivity index (χ0v) is 16.2. The molecular weight excluding hydrogens is 328 g/mol. The SMILES string of the molecule is CC(C)(C)[C@@H]1OCCC[C@@H]1CNC(=O)N[C@@H]1CCCOc2ccccc21. The van der Waals surface area contributed by atoms with Gasteiger partial charge in [-0.1, -0.05) is 39.0 Å². The molecule has 1 saturated heterocycles. The highest BCUT2D eigenvalue weighted by molar-refractivity contribution is 5.74. The molecule has 2 heterocycles. The van der Waals surface area contributed by atoms with E-state index in [0.29, 0.717) is 19.1 Å². The van der Waals surface area contributed by atoms with Crippen LogP contribution in [0.3, 0.4) is 0 Å². The first-order valence-corrected chi connectivity index (χ1v) is 9.83. The van der Waals surface area contributed by atoms with Crippen molar-refractivity contribution in [1.82, 2.24) is 10.6 Å². The molecule has 0 saturated carbocycles. The zero-order valence-electron chi connectivity index (χ0n) is 16.2. The Hall–Kier alpha value is -1.75. The predicted octanol–water partition coefficient (Wildman–Crippen LogP) is 4.04. The molecule has 0 spiro atoms. The van der Waals surface area contributed by atoms with Gasteiger partial charge < -0.3 is 20.1 Å². The smallest absolute Gasteiger partial charge is 0.315 e. The Bertz CT molecular complexity index is 612. The Labute approximate surface area is 156 Å². The van der Waals surface area contributed by atoms with Crippen LogP contribution in [0.4, 0.5) is 4.79 Å². The minimum atomic E-state index is -0.107. The molecule has 2 amide bonds. The van der Waals surface area contributed by atoms with E-state index in [4.69, 9.17) is 9.47 Å².